The van der Waals surface area contributed by atoms with Crippen molar-refractivity contribution in [3.8, 4) is 0 Å². The summed E-state index contributed by atoms with van der Waals surface area (Å²) in [7, 11) is -9.81. The molecule has 0 spiro atoms. The van der Waals surface area contributed by atoms with Crippen molar-refractivity contribution in [1.29, 1.82) is 0 Å². The van der Waals surface area contributed by atoms with E-state index in [4.69, 9.17) is 32.3 Å². The number of esters is 3. The van der Waals surface area contributed by atoms with Crippen LogP contribution in [0.3, 0.4) is 0 Å². The van der Waals surface area contributed by atoms with Crippen LogP contribution in [0.5, 0.6) is 0 Å². The molecule has 0 saturated heterocycles. The molecule has 5 unspecified atom stereocenters. The van der Waals surface area contributed by atoms with Crippen LogP contribution in [0.4, 0.5) is 0 Å². The molecule has 16 nitrogen and oxygen atoms in total. The van der Waals surface area contributed by atoms with Gasteiger partial charge < -0.3 is 34.2 Å². The molecule has 0 heterocycles. The molecule has 119 heavy (non-hydrogen) atoms. The van der Waals surface area contributed by atoms with Gasteiger partial charge in [-0.1, -0.05) is 396 Å². The summed E-state index contributed by atoms with van der Waals surface area (Å²) in [4.78, 5) is 58.9. The normalized spacial score (nSPS) is 14.5. The molecule has 0 aliphatic heterocycles. The van der Waals surface area contributed by atoms with Crippen molar-refractivity contribution in [2.24, 2.45) is 0 Å². The van der Waals surface area contributed by atoms with E-state index >= 15 is 0 Å². The monoisotopic (exact) mass is 1700 g/mol. The largest absolute Gasteiger partial charge is 0.472 e. The average molecular weight is 1700 g/mol. The minimum absolute atomic E-state index is 0.0836. The number of aliphatic hydroxyl groups excluding tert-OH is 2. The van der Waals surface area contributed by atoms with E-state index in [-0.39, 0.29) is 19.3 Å². The molecular weight excluding hydrogens is 1530 g/mol. The molecule has 4 N–H and O–H groups in total. The lowest BCUT2D eigenvalue weighted by Crippen LogP contribution is -2.30. The fraction of sp³-hybridized carbons (Fsp3) is 0.693. The Morgan fingerprint density at radius 3 is 0.664 bits per heavy atom. The summed E-state index contributed by atoms with van der Waals surface area (Å²) in [5, 5.41) is 20.7. The minimum atomic E-state index is -4.94. The fourth-order valence-corrected chi connectivity index (χ4v) is 14.4. The topological polar surface area (TPSA) is 231 Å². The number of carbonyl (C=O) groups excluding carboxylic acids is 3. The number of allylic oxidation sites excluding steroid dienone is 28. The zero-order valence-corrected chi connectivity index (χ0v) is 77.0. The van der Waals surface area contributed by atoms with Gasteiger partial charge in [0, 0.05) is 19.3 Å². The van der Waals surface area contributed by atoms with Gasteiger partial charge in [0.15, 0.2) is 6.10 Å². The molecule has 0 aliphatic rings. The Labute approximate surface area is 726 Å². The van der Waals surface area contributed by atoms with Gasteiger partial charge in [0.05, 0.1) is 26.4 Å². The van der Waals surface area contributed by atoms with E-state index in [1.54, 1.807) is 0 Å². The van der Waals surface area contributed by atoms with Crippen LogP contribution in [0.2, 0.25) is 0 Å². The second kappa shape index (κ2) is 92.1. The van der Waals surface area contributed by atoms with Crippen LogP contribution in [0.15, 0.2) is 170 Å². The lowest BCUT2D eigenvalue weighted by atomic mass is 10.0. The minimum Gasteiger partial charge on any atom is -0.463 e. The molecule has 0 fully saturated rings. The number of ether oxygens (including phenoxy) is 3. The standard InChI is InChI=1S/C101H172O16P2/c1-4-7-10-13-16-19-22-25-28-30-32-34-36-38-40-42-44-46-47-49-51-52-54-56-58-60-62-64-67-69-72-75-78-81-84-87-99(104)111-90-96(102)91-113-118(107,108)114-92-97(103)93-115-119(109,110)116-95-98(117-101(106)89-86-83-80-77-74-71-66-27-24-21-18-15-12-9-6-3)94-112-100(105)88-85-82-79-76-73-70-68-65-63-61-59-57-55-53-50-48-45-43-41-39-37-35-33-31-29-26-23-20-17-14-11-8-5-2/h7-12,16-21,25-29,32-35,38-41,44,46,66,96-98,102-103H,4-6,13-15,22-24,30-31,36-37,42-43,45,47-65,67-95H2,1-3H3,(H,107,108)(H,109,110)/b10-7-,11-8-,12-9-,19-16-,20-17-,21-18-,28-25-,29-26-,34-32-,35-33-,40-38-,41-39-,46-44-,66-27-. The molecule has 682 valence electrons. The Hall–Kier alpha value is -5.09. The Morgan fingerprint density at radius 2 is 0.420 bits per heavy atom. The maximum absolute atomic E-state index is 13.0. The van der Waals surface area contributed by atoms with Crippen molar-refractivity contribution >= 4 is 33.6 Å². The highest BCUT2D eigenvalue weighted by molar-refractivity contribution is 7.47. The highest BCUT2D eigenvalue weighted by atomic mass is 31.2. The zero-order valence-electron chi connectivity index (χ0n) is 75.2. The first-order valence-electron chi connectivity index (χ1n) is 47.4. The lowest BCUT2D eigenvalue weighted by Gasteiger charge is -2.21. The first kappa shape index (κ1) is 114. The van der Waals surface area contributed by atoms with E-state index in [9.17, 15) is 43.5 Å². The van der Waals surface area contributed by atoms with Crippen molar-refractivity contribution in [1.82, 2.24) is 0 Å². The predicted octanol–water partition coefficient (Wildman–Crippen LogP) is 29.4. The second-order valence-corrected chi connectivity index (χ2v) is 34.3. The van der Waals surface area contributed by atoms with Gasteiger partial charge in [0.25, 0.3) is 0 Å². The predicted molar refractivity (Wildman–Crippen MR) is 500 cm³/mol. The maximum Gasteiger partial charge on any atom is 0.472 e. The summed E-state index contributed by atoms with van der Waals surface area (Å²) in [5.41, 5.74) is 0. The highest BCUT2D eigenvalue weighted by Gasteiger charge is 2.30. The van der Waals surface area contributed by atoms with Crippen LogP contribution in [-0.4, -0.2) is 95.9 Å². The molecule has 0 aromatic carbocycles. The molecule has 0 bridgehead atoms. The Kier molecular flexibility index (Phi) is 88.2. The average Bonchev–Trinajstić information content (AvgIpc) is 0.898. The van der Waals surface area contributed by atoms with Crippen LogP contribution in [0, 0.1) is 0 Å². The van der Waals surface area contributed by atoms with E-state index in [1.807, 2.05) is 0 Å². The van der Waals surface area contributed by atoms with Crippen molar-refractivity contribution < 1.29 is 75.8 Å². The summed E-state index contributed by atoms with van der Waals surface area (Å²) in [5.74, 6) is -1.58. The Balaban J connectivity index is 4.42. The number of carbonyl (C=O) groups is 3. The third-order valence-electron chi connectivity index (χ3n) is 19.9. The van der Waals surface area contributed by atoms with Gasteiger partial charge >= 0.3 is 33.6 Å². The summed E-state index contributed by atoms with van der Waals surface area (Å²) < 4.78 is 61.4. The van der Waals surface area contributed by atoms with Crippen molar-refractivity contribution in [2.75, 3.05) is 39.6 Å². The molecule has 5 atom stereocenters. The molecule has 0 rings (SSSR count). The first-order chi connectivity index (χ1) is 58.2. The van der Waals surface area contributed by atoms with Crippen molar-refractivity contribution in [2.45, 2.75) is 411 Å². The molecule has 0 aliphatic carbocycles. The Bertz CT molecular complexity index is 2840. The van der Waals surface area contributed by atoms with Gasteiger partial charge in [-0.2, -0.15) is 0 Å². The number of hydrogen-bond donors (Lipinski definition) is 4. The van der Waals surface area contributed by atoms with Crippen LogP contribution in [0.25, 0.3) is 0 Å². The summed E-state index contributed by atoms with van der Waals surface area (Å²) >= 11 is 0. The molecular formula is C101H172O16P2. The SMILES string of the molecule is CC/C=C\C/C=C\C/C=C\C/C=C\C/C=C\C/C=C\CCCCCCCCCCCCCCCCCCC(=O)OCC(O)COP(=O)(O)OCC(O)COP(=O)(O)OCC(COC(=O)CCCCCCCCCCCCCCCCCCC/C=C\C/C=C\C/C=C\C/C=C\C/C=C\CC)OC(=O)CCCCCCC/C=C\C/C=C\C/C=C\CC. The van der Waals surface area contributed by atoms with Gasteiger partial charge in [0.2, 0.25) is 0 Å². The molecule has 0 radical (unpaired) electrons. The maximum atomic E-state index is 13.0. The van der Waals surface area contributed by atoms with Crippen molar-refractivity contribution in [3.05, 3.63) is 170 Å². The summed E-state index contributed by atoms with van der Waals surface area (Å²) in [6.45, 7) is 2.37. The van der Waals surface area contributed by atoms with Gasteiger partial charge in [-0.05, 0) is 148 Å². The number of unbranched alkanes of at least 4 members (excludes halogenated alkanes) is 38. The Morgan fingerprint density at radius 1 is 0.235 bits per heavy atom. The molecule has 0 aromatic rings. The third kappa shape index (κ3) is 93.5. The van der Waals surface area contributed by atoms with Gasteiger partial charge in [-0.25, -0.2) is 9.13 Å². The first-order valence-corrected chi connectivity index (χ1v) is 50.4. The summed E-state index contributed by atoms with van der Waals surface area (Å²) in [6.07, 6.45) is 120. The summed E-state index contributed by atoms with van der Waals surface area (Å²) in [6, 6.07) is 0. The van der Waals surface area contributed by atoms with Gasteiger partial charge in [-0.15, -0.1) is 0 Å². The van der Waals surface area contributed by atoms with E-state index in [0.29, 0.717) is 19.3 Å². The fourth-order valence-electron chi connectivity index (χ4n) is 12.9. The smallest absolute Gasteiger partial charge is 0.463 e. The second-order valence-electron chi connectivity index (χ2n) is 31.4. The van der Waals surface area contributed by atoms with Crippen LogP contribution in [-0.2, 0) is 55.8 Å². The van der Waals surface area contributed by atoms with Crippen LogP contribution >= 0.6 is 15.6 Å². The van der Waals surface area contributed by atoms with E-state index < -0.39 is 91.5 Å². The molecule has 0 saturated carbocycles. The van der Waals surface area contributed by atoms with Gasteiger partial charge in [-0.3, -0.25) is 32.5 Å². The van der Waals surface area contributed by atoms with E-state index in [0.717, 1.165) is 161 Å². The van der Waals surface area contributed by atoms with Crippen LogP contribution < -0.4 is 0 Å². The van der Waals surface area contributed by atoms with Crippen molar-refractivity contribution in [3.63, 3.8) is 0 Å². The number of rotatable bonds is 89. The molecule has 0 amide bonds. The number of phosphoric acid groups is 2. The highest BCUT2D eigenvalue weighted by Crippen LogP contribution is 2.45. The lowest BCUT2D eigenvalue weighted by molar-refractivity contribution is -0.161. The zero-order chi connectivity index (χ0) is 86.5. The quantitative estimate of drug-likeness (QED) is 0.0146. The number of aliphatic hydroxyl groups is 2. The van der Waals surface area contributed by atoms with E-state index in [1.165, 1.54) is 173 Å². The van der Waals surface area contributed by atoms with Gasteiger partial charge in [0.1, 0.15) is 25.4 Å². The molecule has 0 aromatic heterocycles. The number of phosphoric ester groups is 2. The van der Waals surface area contributed by atoms with E-state index in [2.05, 4.69) is 191 Å². The van der Waals surface area contributed by atoms with Crippen LogP contribution in [0.1, 0.15) is 393 Å². The third-order valence-corrected chi connectivity index (χ3v) is 21.8. The number of hydrogen-bond acceptors (Lipinski definition) is 14. The molecule has 18 heteroatoms.